The van der Waals surface area contributed by atoms with Crippen LogP contribution in [-0.2, 0) is 11.3 Å². The number of hydrogen-bond donors (Lipinski definition) is 0. The molecular weight excluding hydrogens is 474 g/mol. The van der Waals surface area contributed by atoms with Gasteiger partial charge in [-0.3, -0.25) is 0 Å². The third kappa shape index (κ3) is 5.72. The quantitative estimate of drug-likeness (QED) is 0.225. The van der Waals surface area contributed by atoms with Crippen LogP contribution < -0.4 is 4.90 Å². The van der Waals surface area contributed by atoms with Crippen molar-refractivity contribution in [1.29, 1.82) is 0 Å². The van der Waals surface area contributed by atoms with Crippen LogP contribution in [0, 0.1) is 5.92 Å². The Bertz CT molecular complexity index is 1190. The van der Waals surface area contributed by atoms with E-state index in [4.69, 9.17) is 26.3 Å². The third-order valence-electron chi connectivity index (χ3n) is 5.16. The predicted molar refractivity (Wildman–Crippen MR) is 138 cm³/mol. The molecule has 0 radical (unpaired) electrons. The first kappa shape index (κ1) is 23.7. The molecule has 2 heterocycles. The van der Waals surface area contributed by atoms with Crippen LogP contribution in [0.2, 0.25) is 5.02 Å². The molecule has 2 aromatic heterocycles. The summed E-state index contributed by atoms with van der Waals surface area (Å²) in [6, 6.07) is 16.0. The molecule has 1 unspecified atom stereocenters. The Morgan fingerprint density at radius 2 is 1.88 bits per heavy atom. The summed E-state index contributed by atoms with van der Waals surface area (Å²) < 4.78 is 6.30. The van der Waals surface area contributed by atoms with Gasteiger partial charge >= 0.3 is 5.97 Å². The number of carbonyl (C=O) groups excluding carboxylic acids is 1. The number of aromatic nitrogens is 2. The van der Waals surface area contributed by atoms with Gasteiger partial charge in [0.1, 0.15) is 5.01 Å². The number of ether oxygens (including phenoxy) is 1. The minimum absolute atomic E-state index is 0.0329. The molecule has 0 amide bonds. The highest BCUT2D eigenvalue weighted by atomic mass is 35.5. The molecule has 0 saturated heterocycles. The molecule has 0 saturated carbocycles. The molecule has 5 nitrogen and oxygen atoms in total. The Labute approximate surface area is 207 Å². The lowest BCUT2D eigenvalue weighted by atomic mass is 10.0. The number of hydrogen-bond acceptors (Lipinski definition) is 7. The van der Waals surface area contributed by atoms with Gasteiger partial charge in [0.15, 0.2) is 10.8 Å². The Kier molecular flexibility index (Phi) is 7.63. The normalized spacial score (nSPS) is 12.3. The summed E-state index contributed by atoms with van der Waals surface area (Å²) in [5, 5.41) is 4.33. The fourth-order valence-corrected chi connectivity index (χ4v) is 5.68. The van der Waals surface area contributed by atoms with E-state index in [1.54, 1.807) is 23.6 Å². The first-order valence-electron chi connectivity index (χ1n) is 10.9. The van der Waals surface area contributed by atoms with E-state index in [9.17, 15) is 4.79 Å². The number of halogens is 1. The lowest BCUT2D eigenvalue weighted by molar-refractivity contribution is 0.0520. The largest absolute Gasteiger partial charge is 0.461 e. The number of rotatable bonds is 9. The molecule has 2 aromatic carbocycles. The lowest BCUT2D eigenvalue weighted by Crippen LogP contribution is -2.29. The number of benzene rings is 2. The number of para-hydroxylation sites is 1. The van der Waals surface area contributed by atoms with Crippen LogP contribution in [0.15, 0.2) is 53.9 Å². The van der Waals surface area contributed by atoms with Crippen molar-refractivity contribution >= 4 is 55.6 Å². The van der Waals surface area contributed by atoms with Crippen LogP contribution in [0.4, 0.5) is 5.13 Å². The topological polar surface area (TPSA) is 55.3 Å². The number of anilines is 1. The molecule has 0 fully saturated rings. The van der Waals surface area contributed by atoms with E-state index in [0.29, 0.717) is 29.8 Å². The first-order valence-corrected chi connectivity index (χ1v) is 13.0. The maximum absolute atomic E-state index is 12.3. The Morgan fingerprint density at radius 1 is 1.12 bits per heavy atom. The van der Waals surface area contributed by atoms with Crippen LogP contribution in [0.5, 0.6) is 0 Å². The first-order chi connectivity index (χ1) is 15.9. The van der Waals surface area contributed by atoms with Crippen LogP contribution in [-0.4, -0.2) is 22.5 Å². The molecule has 8 heteroatoms. The summed E-state index contributed by atoms with van der Waals surface area (Å²) in [4.78, 5) is 24.2. The average molecular weight is 500 g/mol. The van der Waals surface area contributed by atoms with E-state index in [-0.39, 0.29) is 12.0 Å². The molecular formula is C25H26ClN3O2S2. The monoisotopic (exact) mass is 499 g/mol. The Balaban J connectivity index is 1.77. The fraction of sp³-hybridized carbons (Fsp3) is 0.320. The van der Waals surface area contributed by atoms with Crippen LogP contribution in [0.1, 0.15) is 54.3 Å². The van der Waals surface area contributed by atoms with Crippen molar-refractivity contribution < 1.29 is 9.53 Å². The highest BCUT2D eigenvalue weighted by Crippen LogP contribution is 2.39. The summed E-state index contributed by atoms with van der Waals surface area (Å²) in [6.45, 7) is 7.18. The van der Waals surface area contributed by atoms with E-state index in [1.807, 2.05) is 42.5 Å². The summed E-state index contributed by atoms with van der Waals surface area (Å²) in [5.41, 5.74) is 2.48. The van der Waals surface area contributed by atoms with Gasteiger partial charge in [0.05, 0.1) is 22.9 Å². The second-order valence-electron chi connectivity index (χ2n) is 8.16. The third-order valence-corrected chi connectivity index (χ3v) is 7.43. The SMILES string of the molecule is CCOC(=O)c1csc(C(CC(C)C)N(Cc2ccc(Cl)cc2)c2nc3ccccc3s2)n1. The van der Waals surface area contributed by atoms with Gasteiger partial charge in [-0.15, -0.1) is 11.3 Å². The van der Waals surface area contributed by atoms with Crippen molar-refractivity contribution in [3.63, 3.8) is 0 Å². The molecule has 0 spiro atoms. The minimum Gasteiger partial charge on any atom is -0.461 e. The molecule has 0 bridgehead atoms. The van der Waals surface area contributed by atoms with Gasteiger partial charge in [0.25, 0.3) is 0 Å². The van der Waals surface area contributed by atoms with Crippen LogP contribution in [0.3, 0.4) is 0 Å². The number of fused-ring (bicyclic) bond motifs is 1. The fourth-order valence-electron chi connectivity index (χ4n) is 3.63. The van der Waals surface area contributed by atoms with Crippen molar-refractivity contribution in [3.8, 4) is 0 Å². The molecule has 172 valence electrons. The zero-order chi connectivity index (χ0) is 23.4. The van der Waals surface area contributed by atoms with Crippen molar-refractivity contribution in [3.05, 3.63) is 75.2 Å². The zero-order valence-electron chi connectivity index (χ0n) is 18.8. The molecule has 4 aromatic rings. The number of esters is 1. The van der Waals surface area contributed by atoms with Crippen LogP contribution >= 0.6 is 34.3 Å². The van der Waals surface area contributed by atoms with E-state index in [0.717, 1.165) is 32.3 Å². The van der Waals surface area contributed by atoms with Gasteiger partial charge in [-0.05, 0) is 49.1 Å². The zero-order valence-corrected chi connectivity index (χ0v) is 21.2. The molecule has 33 heavy (non-hydrogen) atoms. The van der Waals surface area contributed by atoms with Gasteiger partial charge in [0.2, 0.25) is 0 Å². The van der Waals surface area contributed by atoms with Gasteiger partial charge in [-0.25, -0.2) is 14.8 Å². The van der Waals surface area contributed by atoms with Gasteiger partial charge in [-0.2, -0.15) is 0 Å². The van der Waals surface area contributed by atoms with Crippen LogP contribution in [0.25, 0.3) is 10.2 Å². The Hall–Kier alpha value is -2.48. The average Bonchev–Trinajstić information content (AvgIpc) is 3.45. The summed E-state index contributed by atoms with van der Waals surface area (Å²) in [6.07, 6.45) is 0.874. The molecule has 0 aliphatic heterocycles. The number of nitrogens with zero attached hydrogens (tertiary/aromatic N) is 3. The molecule has 0 aliphatic rings. The highest BCUT2D eigenvalue weighted by molar-refractivity contribution is 7.22. The summed E-state index contributed by atoms with van der Waals surface area (Å²) in [7, 11) is 0. The predicted octanol–water partition coefficient (Wildman–Crippen LogP) is 7.38. The second kappa shape index (κ2) is 10.6. The summed E-state index contributed by atoms with van der Waals surface area (Å²) in [5.74, 6) is 0.0413. The van der Waals surface area contributed by atoms with E-state index >= 15 is 0 Å². The molecule has 0 N–H and O–H groups in total. The van der Waals surface area contributed by atoms with Gasteiger partial charge in [0, 0.05) is 16.9 Å². The van der Waals surface area contributed by atoms with Crippen molar-refractivity contribution in [1.82, 2.24) is 9.97 Å². The second-order valence-corrected chi connectivity index (χ2v) is 10.5. The minimum atomic E-state index is -0.382. The van der Waals surface area contributed by atoms with E-state index in [2.05, 4.69) is 24.8 Å². The molecule has 0 aliphatic carbocycles. The lowest BCUT2D eigenvalue weighted by Gasteiger charge is -2.31. The molecule has 4 rings (SSSR count). The number of thiazole rings is 2. The Morgan fingerprint density at radius 3 is 2.58 bits per heavy atom. The molecule has 1 atom stereocenters. The van der Waals surface area contributed by atoms with Crippen molar-refractivity contribution in [2.75, 3.05) is 11.5 Å². The maximum Gasteiger partial charge on any atom is 0.357 e. The maximum atomic E-state index is 12.3. The van der Waals surface area contributed by atoms with Crippen molar-refractivity contribution in [2.24, 2.45) is 5.92 Å². The van der Waals surface area contributed by atoms with E-state index in [1.165, 1.54) is 11.3 Å². The smallest absolute Gasteiger partial charge is 0.357 e. The van der Waals surface area contributed by atoms with E-state index < -0.39 is 0 Å². The summed E-state index contributed by atoms with van der Waals surface area (Å²) >= 11 is 9.30. The van der Waals surface area contributed by atoms with Gasteiger partial charge < -0.3 is 9.64 Å². The number of carbonyl (C=O) groups is 1. The standard InChI is InChI=1S/C25H26ClN3O2S2/c1-4-31-24(30)20-15-32-23(27-20)21(13-16(2)3)29(14-17-9-11-18(26)12-10-17)25-28-19-7-5-6-8-22(19)33-25/h5-12,15-16,21H,4,13-14H2,1-3H3. The highest BCUT2D eigenvalue weighted by Gasteiger charge is 2.28. The van der Waals surface area contributed by atoms with Crippen molar-refractivity contribution in [2.45, 2.75) is 39.8 Å². The van der Waals surface area contributed by atoms with Gasteiger partial charge in [-0.1, -0.05) is 61.1 Å².